The molecule has 1 N–H and O–H groups in total. The molecule has 0 saturated carbocycles. The second kappa shape index (κ2) is 6.59. The first-order valence-corrected chi connectivity index (χ1v) is 5.58. The Bertz CT molecular complexity index is 286. The van der Waals surface area contributed by atoms with Crippen molar-refractivity contribution in [2.45, 2.75) is 26.4 Å². The second-order valence-electron chi connectivity index (χ2n) is 3.79. The van der Waals surface area contributed by atoms with Crippen LogP contribution in [0.2, 0.25) is 0 Å². The van der Waals surface area contributed by atoms with E-state index < -0.39 is 0 Å². The summed E-state index contributed by atoms with van der Waals surface area (Å²) in [4.78, 5) is 0. The molecule has 2 nitrogen and oxygen atoms in total. The average Bonchev–Trinajstić information content (AvgIpc) is 2.26. The van der Waals surface area contributed by atoms with Crippen molar-refractivity contribution in [2.24, 2.45) is 0 Å². The van der Waals surface area contributed by atoms with Gasteiger partial charge in [0.1, 0.15) is 0 Å². The molecule has 0 aliphatic rings. The third kappa shape index (κ3) is 3.65. The van der Waals surface area contributed by atoms with Crippen LogP contribution in [0.1, 0.15) is 30.6 Å². The van der Waals surface area contributed by atoms with E-state index in [2.05, 4.69) is 43.4 Å². The van der Waals surface area contributed by atoms with Gasteiger partial charge in [-0.25, -0.2) is 0 Å². The van der Waals surface area contributed by atoms with E-state index in [4.69, 9.17) is 4.74 Å². The first-order chi connectivity index (χ1) is 7.29. The van der Waals surface area contributed by atoms with Crippen LogP contribution in [0.25, 0.3) is 0 Å². The maximum Gasteiger partial charge on any atom is 0.0947 e. The van der Waals surface area contributed by atoms with Gasteiger partial charge < -0.3 is 10.1 Å². The fraction of sp³-hybridized carbons (Fsp3) is 0.538. The van der Waals surface area contributed by atoms with Gasteiger partial charge in [-0.15, -0.1) is 0 Å². The molecule has 0 heterocycles. The topological polar surface area (TPSA) is 21.3 Å². The van der Waals surface area contributed by atoms with Gasteiger partial charge >= 0.3 is 0 Å². The Balaban J connectivity index is 2.61. The normalized spacial score (nSPS) is 12.7. The lowest BCUT2D eigenvalue weighted by Crippen LogP contribution is -2.23. The molecule has 1 rings (SSSR count). The molecule has 0 aliphatic heterocycles. The predicted octanol–water partition coefficient (Wildman–Crippen LogP) is 2.68. The monoisotopic (exact) mass is 207 g/mol. The molecule has 15 heavy (non-hydrogen) atoms. The van der Waals surface area contributed by atoms with E-state index in [9.17, 15) is 0 Å². The lowest BCUT2D eigenvalue weighted by molar-refractivity contribution is 0.102. The highest BCUT2D eigenvalue weighted by Crippen LogP contribution is 2.19. The molecule has 2 heteroatoms. The van der Waals surface area contributed by atoms with Crippen LogP contribution in [0, 0.1) is 6.92 Å². The molecule has 1 aromatic rings. The Labute approximate surface area is 92.6 Å². The molecular weight excluding hydrogens is 186 g/mol. The molecule has 84 valence electrons. The van der Waals surface area contributed by atoms with Crippen molar-refractivity contribution in [3.8, 4) is 0 Å². The smallest absolute Gasteiger partial charge is 0.0947 e. The summed E-state index contributed by atoms with van der Waals surface area (Å²) in [5.74, 6) is 0. The highest BCUT2D eigenvalue weighted by molar-refractivity contribution is 5.28. The highest BCUT2D eigenvalue weighted by Gasteiger charge is 2.11. The predicted molar refractivity (Wildman–Crippen MR) is 64.1 cm³/mol. The van der Waals surface area contributed by atoms with Crippen molar-refractivity contribution < 1.29 is 4.74 Å². The minimum atomic E-state index is 0.165. The van der Waals surface area contributed by atoms with Crippen LogP contribution in [0.3, 0.4) is 0 Å². The number of rotatable bonds is 6. The van der Waals surface area contributed by atoms with Crippen LogP contribution in [0.4, 0.5) is 0 Å². The van der Waals surface area contributed by atoms with Gasteiger partial charge in [0.15, 0.2) is 0 Å². The Morgan fingerprint density at radius 3 is 2.67 bits per heavy atom. The minimum Gasteiger partial charge on any atom is -0.375 e. The summed E-state index contributed by atoms with van der Waals surface area (Å²) in [6.07, 6.45) is 1.32. The molecule has 0 saturated heterocycles. The van der Waals surface area contributed by atoms with Gasteiger partial charge in [0.05, 0.1) is 6.10 Å². The van der Waals surface area contributed by atoms with Gasteiger partial charge in [-0.05, 0) is 31.0 Å². The van der Waals surface area contributed by atoms with Crippen molar-refractivity contribution in [1.82, 2.24) is 5.32 Å². The summed E-state index contributed by atoms with van der Waals surface area (Å²) in [5, 5.41) is 3.39. The summed E-state index contributed by atoms with van der Waals surface area (Å²) in [7, 11) is 1.77. The zero-order chi connectivity index (χ0) is 11.1. The Kier molecular flexibility index (Phi) is 5.37. The molecule has 0 bridgehead atoms. The van der Waals surface area contributed by atoms with Crippen LogP contribution in [-0.4, -0.2) is 20.2 Å². The highest BCUT2D eigenvalue weighted by atomic mass is 16.5. The van der Waals surface area contributed by atoms with E-state index >= 15 is 0 Å². The first-order valence-electron chi connectivity index (χ1n) is 5.58. The molecule has 1 atom stereocenters. The van der Waals surface area contributed by atoms with E-state index in [0.717, 1.165) is 19.5 Å². The third-order valence-corrected chi connectivity index (χ3v) is 2.58. The maximum atomic E-state index is 5.50. The minimum absolute atomic E-state index is 0.165. The third-order valence-electron chi connectivity index (χ3n) is 2.58. The van der Waals surface area contributed by atoms with Crippen LogP contribution < -0.4 is 5.32 Å². The number of ether oxygens (including phenoxy) is 1. The van der Waals surface area contributed by atoms with Crippen molar-refractivity contribution in [3.05, 3.63) is 35.4 Å². The fourth-order valence-corrected chi connectivity index (χ4v) is 1.68. The molecule has 0 aliphatic carbocycles. The molecule has 0 aromatic heterocycles. The molecule has 0 spiro atoms. The zero-order valence-corrected chi connectivity index (χ0v) is 9.92. The first kappa shape index (κ1) is 12.2. The van der Waals surface area contributed by atoms with Gasteiger partial charge in [-0.1, -0.05) is 31.2 Å². The van der Waals surface area contributed by atoms with Crippen molar-refractivity contribution >= 4 is 0 Å². The SMILES string of the molecule is CCCNCC(OC)c1ccccc1C. The standard InChI is InChI=1S/C13H21NO/c1-4-9-14-10-13(15-3)12-8-6-5-7-11(12)2/h5-8,13-14H,4,9-10H2,1-3H3. The molecule has 1 unspecified atom stereocenters. The fourth-order valence-electron chi connectivity index (χ4n) is 1.68. The Hall–Kier alpha value is -0.860. The summed E-state index contributed by atoms with van der Waals surface area (Å²) >= 11 is 0. The van der Waals surface area contributed by atoms with Gasteiger partial charge in [0.2, 0.25) is 0 Å². The van der Waals surface area contributed by atoms with E-state index in [1.807, 2.05) is 0 Å². The quantitative estimate of drug-likeness (QED) is 0.724. The van der Waals surface area contributed by atoms with Crippen LogP contribution in [0.5, 0.6) is 0 Å². The summed E-state index contributed by atoms with van der Waals surface area (Å²) in [6.45, 7) is 6.23. The number of hydrogen-bond donors (Lipinski definition) is 1. The molecule has 0 fully saturated rings. The lowest BCUT2D eigenvalue weighted by Gasteiger charge is -2.18. The summed E-state index contributed by atoms with van der Waals surface area (Å²) < 4.78 is 5.50. The lowest BCUT2D eigenvalue weighted by atomic mass is 10.0. The van der Waals surface area contributed by atoms with Crippen molar-refractivity contribution in [1.29, 1.82) is 0 Å². The molecule has 1 aromatic carbocycles. The molecular formula is C13H21NO. The largest absolute Gasteiger partial charge is 0.375 e. The number of hydrogen-bond acceptors (Lipinski definition) is 2. The number of methoxy groups -OCH3 is 1. The van der Waals surface area contributed by atoms with Crippen molar-refractivity contribution in [2.75, 3.05) is 20.2 Å². The number of benzene rings is 1. The van der Waals surface area contributed by atoms with Gasteiger partial charge in [0.25, 0.3) is 0 Å². The molecule has 0 radical (unpaired) electrons. The van der Waals surface area contributed by atoms with Crippen LogP contribution in [0.15, 0.2) is 24.3 Å². The van der Waals surface area contributed by atoms with Gasteiger partial charge in [-0.2, -0.15) is 0 Å². The van der Waals surface area contributed by atoms with Crippen LogP contribution >= 0.6 is 0 Å². The second-order valence-corrected chi connectivity index (χ2v) is 3.79. The maximum absolute atomic E-state index is 5.50. The number of aryl methyl sites for hydroxylation is 1. The Morgan fingerprint density at radius 1 is 1.33 bits per heavy atom. The number of nitrogens with one attached hydrogen (secondary N) is 1. The molecule has 0 amide bonds. The zero-order valence-electron chi connectivity index (χ0n) is 9.92. The summed E-state index contributed by atoms with van der Waals surface area (Å²) in [6, 6.07) is 8.39. The van der Waals surface area contributed by atoms with E-state index in [0.29, 0.717) is 0 Å². The van der Waals surface area contributed by atoms with E-state index in [1.165, 1.54) is 11.1 Å². The van der Waals surface area contributed by atoms with E-state index in [-0.39, 0.29) is 6.10 Å². The van der Waals surface area contributed by atoms with Crippen LogP contribution in [-0.2, 0) is 4.74 Å². The van der Waals surface area contributed by atoms with Gasteiger partial charge in [0, 0.05) is 13.7 Å². The average molecular weight is 207 g/mol. The summed E-state index contributed by atoms with van der Waals surface area (Å²) in [5.41, 5.74) is 2.58. The van der Waals surface area contributed by atoms with E-state index in [1.54, 1.807) is 7.11 Å². The van der Waals surface area contributed by atoms with Crippen molar-refractivity contribution in [3.63, 3.8) is 0 Å². The Morgan fingerprint density at radius 2 is 2.07 bits per heavy atom. The van der Waals surface area contributed by atoms with Gasteiger partial charge in [-0.3, -0.25) is 0 Å².